The Balaban J connectivity index is 1.13. The summed E-state index contributed by atoms with van der Waals surface area (Å²) in [6.45, 7) is 4.73. The number of aliphatic hydroxyl groups is 1. The Morgan fingerprint density at radius 1 is 0.917 bits per heavy atom. The second-order valence-electron chi connectivity index (χ2n) is 11.3. The van der Waals surface area contributed by atoms with Crippen LogP contribution >= 0.6 is 0 Å². The fourth-order valence-electron chi connectivity index (χ4n) is 6.83. The van der Waals surface area contributed by atoms with E-state index < -0.39 is 5.60 Å². The third kappa shape index (κ3) is 4.12. The van der Waals surface area contributed by atoms with E-state index in [1.165, 1.54) is 27.8 Å². The van der Waals surface area contributed by atoms with Crippen molar-refractivity contribution in [3.63, 3.8) is 0 Å². The molecule has 2 bridgehead atoms. The first-order valence-electron chi connectivity index (χ1n) is 13.4. The maximum atomic E-state index is 13.3. The van der Waals surface area contributed by atoms with Crippen LogP contribution in [0.5, 0.6) is 0 Å². The van der Waals surface area contributed by atoms with Gasteiger partial charge in [-0.05, 0) is 65.0 Å². The average Bonchev–Trinajstić information content (AvgIpc) is 3.35. The molecule has 2 atom stereocenters. The van der Waals surface area contributed by atoms with Crippen molar-refractivity contribution < 1.29 is 14.6 Å². The topological polar surface area (TPSA) is 49.8 Å². The van der Waals surface area contributed by atoms with Crippen LogP contribution in [0.1, 0.15) is 73.6 Å². The van der Waals surface area contributed by atoms with Crippen LogP contribution < -0.4 is 0 Å². The molecule has 4 heteroatoms. The molecule has 0 saturated carbocycles. The van der Waals surface area contributed by atoms with Crippen LogP contribution in [-0.4, -0.2) is 40.4 Å². The molecule has 3 aromatic carbocycles. The van der Waals surface area contributed by atoms with E-state index in [1.54, 1.807) is 0 Å². The van der Waals surface area contributed by atoms with Crippen LogP contribution in [0.25, 0.3) is 11.1 Å². The summed E-state index contributed by atoms with van der Waals surface area (Å²) < 4.78 is 5.99. The highest BCUT2D eigenvalue weighted by Crippen LogP contribution is 2.46. The molecule has 4 nitrogen and oxygen atoms in total. The highest BCUT2D eigenvalue weighted by Gasteiger charge is 2.50. The summed E-state index contributed by atoms with van der Waals surface area (Å²) in [5.41, 5.74) is 6.63. The molecule has 3 aliphatic rings. The number of rotatable bonds is 5. The summed E-state index contributed by atoms with van der Waals surface area (Å²) in [6.07, 6.45) is 3.50. The molecule has 2 aliphatic heterocycles. The molecule has 2 unspecified atom stereocenters. The first kappa shape index (κ1) is 23.3. The summed E-state index contributed by atoms with van der Waals surface area (Å²) >= 11 is 0. The lowest BCUT2D eigenvalue weighted by Gasteiger charge is -2.43. The fourth-order valence-corrected chi connectivity index (χ4v) is 6.83. The number of piperidine rings is 1. The largest absolute Gasteiger partial charge is 0.448 e. The number of benzene rings is 3. The van der Waals surface area contributed by atoms with E-state index in [9.17, 15) is 9.90 Å². The smallest absolute Gasteiger partial charge is 0.410 e. The molecule has 1 aliphatic carbocycles. The zero-order chi connectivity index (χ0) is 24.9. The van der Waals surface area contributed by atoms with Crippen LogP contribution in [-0.2, 0) is 11.2 Å². The number of fused-ring (bicyclic) bond motifs is 5. The standard InChI is InChI=1S/C32H35NO3/c1-21(2)23-13-11-22(12-14-23)17-32(35)18-24-15-16-25(19-32)33(24)31(34)36-20-30-28-9-5-3-7-26(28)27-8-4-6-10-29(27)30/h3-14,21,24-25,30,35H,15-20H2,1-2H3. The summed E-state index contributed by atoms with van der Waals surface area (Å²) in [5, 5.41) is 11.5. The van der Waals surface area contributed by atoms with E-state index in [4.69, 9.17) is 4.74 Å². The van der Waals surface area contributed by atoms with E-state index in [1.807, 2.05) is 4.90 Å². The van der Waals surface area contributed by atoms with Crippen molar-refractivity contribution in [1.29, 1.82) is 0 Å². The molecule has 0 spiro atoms. The Morgan fingerprint density at radius 2 is 1.47 bits per heavy atom. The van der Waals surface area contributed by atoms with Gasteiger partial charge in [-0.2, -0.15) is 0 Å². The third-order valence-corrected chi connectivity index (χ3v) is 8.58. The van der Waals surface area contributed by atoms with Crippen LogP contribution in [0.15, 0.2) is 72.8 Å². The van der Waals surface area contributed by atoms with Gasteiger partial charge in [0, 0.05) is 24.4 Å². The minimum atomic E-state index is -0.773. The van der Waals surface area contributed by atoms with Gasteiger partial charge in [0.1, 0.15) is 6.61 Å². The highest BCUT2D eigenvalue weighted by atomic mass is 16.6. The van der Waals surface area contributed by atoms with E-state index in [2.05, 4.69) is 86.6 Å². The number of carbonyl (C=O) groups excluding carboxylic acids is 1. The van der Waals surface area contributed by atoms with Crippen molar-refractivity contribution in [3.05, 3.63) is 95.1 Å². The molecule has 6 rings (SSSR count). The number of amides is 1. The van der Waals surface area contributed by atoms with Crippen LogP contribution in [0.2, 0.25) is 0 Å². The van der Waals surface area contributed by atoms with Crippen molar-refractivity contribution in [1.82, 2.24) is 4.90 Å². The number of ether oxygens (including phenoxy) is 1. The number of hydrogen-bond donors (Lipinski definition) is 1. The number of carbonyl (C=O) groups is 1. The molecule has 1 N–H and O–H groups in total. The fraction of sp³-hybridized carbons (Fsp3) is 0.406. The number of hydrogen-bond acceptors (Lipinski definition) is 3. The van der Waals surface area contributed by atoms with Gasteiger partial charge in [-0.1, -0.05) is 86.6 Å². The van der Waals surface area contributed by atoms with Gasteiger partial charge in [-0.25, -0.2) is 4.79 Å². The predicted octanol–water partition coefficient (Wildman–Crippen LogP) is 6.66. The van der Waals surface area contributed by atoms with Crippen LogP contribution in [0.4, 0.5) is 4.79 Å². The average molecular weight is 482 g/mol. The van der Waals surface area contributed by atoms with Crippen molar-refractivity contribution >= 4 is 6.09 Å². The molecule has 36 heavy (non-hydrogen) atoms. The summed E-state index contributed by atoms with van der Waals surface area (Å²) in [4.78, 5) is 15.3. The minimum Gasteiger partial charge on any atom is -0.448 e. The molecule has 2 fully saturated rings. The quantitative estimate of drug-likeness (QED) is 0.443. The first-order chi connectivity index (χ1) is 17.4. The summed E-state index contributed by atoms with van der Waals surface area (Å²) in [6, 6.07) is 25.6. The Hall–Kier alpha value is -3.11. The Labute approximate surface area is 213 Å². The molecule has 3 aromatic rings. The predicted molar refractivity (Wildman–Crippen MR) is 142 cm³/mol. The van der Waals surface area contributed by atoms with E-state index in [0.717, 1.165) is 18.4 Å². The van der Waals surface area contributed by atoms with E-state index in [0.29, 0.717) is 31.8 Å². The lowest BCUT2D eigenvalue weighted by molar-refractivity contribution is -0.0479. The maximum Gasteiger partial charge on any atom is 0.410 e. The lowest BCUT2D eigenvalue weighted by Crippen LogP contribution is -2.54. The van der Waals surface area contributed by atoms with E-state index in [-0.39, 0.29) is 24.1 Å². The molecule has 2 saturated heterocycles. The first-order valence-corrected chi connectivity index (χ1v) is 13.4. The van der Waals surface area contributed by atoms with Gasteiger partial charge in [0.25, 0.3) is 0 Å². The zero-order valence-corrected chi connectivity index (χ0v) is 21.2. The molecule has 0 radical (unpaired) electrons. The van der Waals surface area contributed by atoms with Gasteiger partial charge < -0.3 is 14.7 Å². The molecular weight excluding hydrogens is 446 g/mol. The second-order valence-corrected chi connectivity index (χ2v) is 11.3. The summed E-state index contributed by atoms with van der Waals surface area (Å²) in [5.74, 6) is 0.563. The Morgan fingerprint density at radius 3 is 2.03 bits per heavy atom. The van der Waals surface area contributed by atoms with Crippen molar-refractivity contribution in [3.8, 4) is 11.1 Å². The molecular formula is C32H35NO3. The Bertz CT molecular complexity index is 1200. The number of nitrogens with zero attached hydrogens (tertiary/aromatic N) is 1. The molecule has 186 valence electrons. The SMILES string of the molecule is CC(C)c1ccc(CC2(O)CC3CCC(C2)N3C(=O)OCC2c3ccccc3-c3ccccc32)cc1. The maximum absolute atomic E-state index is 13.3. The highest BCUT2D eigenvalue weighted by molar-refractivity contribution is 5.79. The zero-order valence-electron chi connectivity index (χ0n) is 21.2. The van der Waals surface area contributed by atoms with Crippen molar-refractivity contribution in [2.75, 3.05) is 6.61 Å². The lowest BCUT2D eigenvalue weighted by atomic mass is 9.81. The van der Waals surface area contributed by atoms with Gasteiger partial charge in [-0.3, -0.25) is 0 Å². The van der Waals surface area contributed by atoms with Crippen molar-refractivity contribution in [2.45, 2.75) is 75.5 Å². The molecule has 1 amide bonds. The molecule has 2 heterocycles. The van der Waals surface area contributed by atoms with Gasteiger partial charge in [0.15, 0.2) is 0 Å². The van der Waals surface area contributed by atoms with Gasteiger partial charge in [-0.15, -0.1) is 0 Å². The summed E-state index contributed by atoms with van der Waals surface area (Å²) in [7, 11) is 0. The normalized spacial score (nSPS) is 24.6. The van der Waals surface area contributed by atoms with Crippen LogP contribution in [0, 0.1) is 0 Å². The van der Waals surface area contributed by atoms with Crippen LogP contribution in [0.3, 0.4) is 0 Å². The monoisotopic (exact) mass is 481 g/mol. The van der Waals surface area contributed by atoms with Crippen molar-refractivity contribution in [2.24, 2.45) is 0 Å². The molecule has 0 aromatic heterocycles. The minimum absolute atomic E-state index is 0.0411. The van der Waals surface area contributed by atoms with Gasteiger partial charge in [0.05, 0.1) is 5.60 Å². The second kappa shape index (κ2) is 9.08. The van der Waals surface area contributed by atoms with Gasteiger partial charge in [0.2, 0.25) is 0 Å². The van der Waals surface area contributed by atoms with E-state index >= 15 is 0 Å². The van der Waals surface area contributed by atoms with Gasteiger partial charge >= 0.3 is 6.09 Å². The Kier molecular flexibility index (Phi) is 5.88. The third-order valence-electron chi connectivity index (χ3n) is 8.58.